The molecule has 0 aliphatic rings. The molecular formula is C23H22F6N4O2. The average molecular weight is 500 g/mol. The van der Waals surface area contributed by atoms with Crippen molar-refractivity contribution in [2.75, 3.05) is 10.6 Å². The van der Waals surface area contributed by atoms with Crippen molar-refractivity contribution in [3.63, 3.8) is 0 Å². The number of nitrogens with one attached hydrogen (secondary N) is 2. The molecule has 35 heavy (non-hydrogen) atoms. The second-order valence-electron chi connectivity index (χ2n) is 7.64. The average Bonchev–Trinajstić information content (AvgIpc) is 2.73. The summed E-state index contributed by atoms with van der Waals surface area (Å²) in [4.78, 5) is 8.79. The minimum absolute atomic E-state index is 0.00136. The van der Waals surface area contributed by atoms with Crippen molar-refractivity contribution in [1.29, 1.82) is 0 Å². The fourth-order valence-corrected chi connectivity index (χ4v) is 3.01. The number of aryl methyl sites for hydroxylation is 1. The highest BCUT2D eigenvalue weighted by Gasteiger charge is 2.32. The number of halogens is 6. The van der Waals surface area contributed by atoms with Crippen LogP contribution >= 0.6 is 0 Å². The van der Waals surface area contributed by atoms with Gasteiger partial charge in [0.05, 0.1) is 5.69 Å². The Hall–Kier alpha value is -3.70. The van der Waals surface area contributed by atoms with Crippen LogP contribution in [0.2, 0.25) is 0 Å². The molecule has 0 saturated heterocycles. The molecule has 0 bridgehead atoms. The molecule has 0 unspecified atom stereocenters. The van der Waals surface area contributed by atoms with Crippen LogP contribution in [0.15, 0.2) is 48.5 Å². The molecule has 0 saturated carbocycles. The van der Waals surface area contributed by atoms with Crippen molar-refractivity contribution in [2.24, 2.45) is 0 Å². The summed E-state index contributed by atoms with van der Waals surface area (Å²) in [6, 6.07) is 10.6. The van der Waals surface area contributed by atoms with Gasteiger partial charge >= 0.3 is 12.7 Å². The largest absolute Gasteiger partial charge is 0.573 e. The van der Waals surface area contributed by atoms with Gasteiger partial charge in [-0.3, -0.25) is 0 Å². The number of ether oxygens (including phenoxy) is 2. The van der Waals surface area contributed by atoms with Gasteiger partial charge in [0.25, 0.3) is 0 Å². The van der Waals surface area contributed by atoms with E-state index in [-0.39, 0.29) is 23.6 Å². The third kappa shape index (κ3) is 7.94. The van der Waals surface area contributed by atoms with Gasteiger partial charge < -0.3 is 20.1 Å². The molecule has 12 heteroatoms. The van der Waals surface area contributed by atoms with Gasteiger partial charge in [0.15, 0.2) is 0 Å². The van der Waals surface area contributed by atoms with Gasteiger partial charge in [-0.25, -0.2) is 4.98 Å². The van der Waals surface area contributed by atoms with Crippen LogP contribution in [-0.2, 0) is 0 Å². The molecule has 6 nitrogen and oxygen atoms in total. The lowest BCUT2D eigenvalue weighted by molar-refractivity contribution is -0.275. The maximum atomic E-state index is 12.6. The summed E-state index contributed by atoms with van der Waals surface area (Å²) in [5.41, 5.74) is 1.54. The fourth-order valence-electron chi connectivity index (χ4n) is 3.01. The summed E-state index contributed by atoms with van der Waals surface area (Å²) in [6.45, 7) is 5.45. The van der Waals surface area contributed by atoms with E-state index in [0.29, 0.717) is 22.5 Å². The number of rotatable bonds is 8. The van der Waals surface area contributed by atoms with Gasteiger partial charge in [-0.05, 0) is 56.2 Å². The lowest BCUT2D eigenvalue weighted by Gasteiger charge is -2.16. The Morgan fingerprint density at radius 2 is 1.54 bits per heavy atom. The Balaban J connectivity index is 1.96. The minimum atomic E-state index is -4.85. The summed E-state index contributed by atoms with van der Waals surface area (Å²) in [5, 5.41) is 6.13. The zero-order chi connectivity index (χ0) is 25.8. The predicted molar refractivity (Wildman–Crippen MR) is 119 cm³/mol. The summed E-state index contributed by atoms with van der Waals surface area (Å²) >= 11 is 0. The summed E-state index contributed by atoms with van der Waals surface area (Å²) in [7, 11) is 0. The molecule has 0 aliphatic carbocycles. The number of hydrogen-bond acceptors (Lipinski definition) is 6. The van der Waals surface area contributed by atoms with E-state index >= 15 is 0 Å². The van der Waals surface area contributed by atoms with Crippen LogP contribution in [0.5, 0.6) is 11.5 Å². The predicted octanol–water partition coefficient (Wildman–Crippen LogP) is 7.20. The topological polar surface area (TPSA) is 68.3 Å². The molecule has 188 valence electrons. The molecule has 0 fully saturated rings. The fraction of sp³-hybridized carbons (Fsp3) is 0.304. The van der Waals surface area contributed by atoms with Crippen LogP contribution in [0.3, 0.4) is 0 Å². The molecule has 0 aliphatic heterocycles. The van der Waals surface area contributed by atoms with Crippen molar-refractivity contribution in [2.45, 2.75) is 46.0 Å². The molecular weight excluding hydrogens is 478 g/mol. The third-order valence-electron chi connectivity index (χ3n) is 4.77. The quantitative estimate of drug-likeness (QED) is 0.319. The van der Waals surface area contributed by atoms with Gasteiger partial charge in [0, 0.05) is 23.4 Å². The van der Waals surface area contributed by atoms with E-state index in [1.54, 1.807) is 13.0 Å². The van der Waals surface area contributed by atoms with Gasteiger partial charge in [-0.1, -0.05) is 19.1 Å². The Morgan fingerprint density at radius 3 is 2.14 bits per heavy atom. The van der Waals surface area contributed by atoms with Crippen molar-refractivity contribution < 1.29 is 35.8 Å². The molecule has 0 radical (unpaired) electrons. The second-order valence-corrected chi connectivity index (χ2v) is 7.64. The van der Waals surface area contributed by atoms with Crippen LogP contribution in [0, 0.1) is 6.92 Å². The van der Waals surface area contributed by atoms with Crippen LogP contribution < -0.4 is 20.1 Å². The number of benzene rings is 2. The zero-order valence-corrected chi connectivity index (χ0v) is 18.9. The molecule has 2 N–H and O–H groups in total. The van der Waals surface area contributed by atoms with E-state index in [4.69, 9.17) is 0 Å². The van der Waals surface area contributed by atoms with Crippen molar-refractivity contribution in [1.82, 2.24) is 9.97 Å². The smallest absolute Gasteiger partial charge is 0.406 e. The van der Waals surface area contributed by atoms with Crippen molar-refractivity contribution in [3.05, 3.63) is 54.1 Å². The lowest BCUT2D eigenvalue weighted by atomic mass is 10.1. The number of aromatic nitrogens is 2. The van der Waals surface area contributed by atoms with Crippen molar-refractivity contribution >= 4 is 17.5 Å². The van der Waals surface area contributed by atoms with E-state index in [0.717, 1.165) is 12.5 Å². The van der Waals surface area contributed by atoms with Gasteiger partial charge in [0.2, 0.25) is 5.95 Å². The van der Waals surface area contributed by atoms with Gasteiger partial charge in [-0.15, -0.1) is 26.3 Å². The molecule has 3 rings (SSSR count). The van der Waals surface area contributed by atoms with E-state index in [1.807, 2.05) is 13.8 Å². The Morgan fingerprint density at radius 1 is 0.886 bits per heavy atom. The molecule has 3 aromatic rings. The number of nitrogens with zero attached hydrogens (tertiary/aromatic N) is 2. The highest BCUT2D eigenvalue weighted by molar-refractivity contribution is 5.69. The molecule has 0 amide bonds. The number of anilines is 3. The lowest BCUT2D eigenvalue weighted by Crippen LogP contribution is -2.17. The summed E-state index contributed by atoms with van der Waals surface area (Å²) < 4.78 is 83.3. The highest BCUT2D eigenvalue weighted by atomic mass is 19.4. The standard InChI is InChI=1S/C23H22F6N4O2/c1-4-14(3)30-21-32-19(15-6-5-7-16(11-15)34-22(24,25)26)12-20(33-21)31-18-9-8-17(10-13(18)2)35-23(27,28)29/h5-12,14H,4H2,1-3H3,(H2,30,31,32,33)/t14-/m0/s1. The summed E-state index contributed by atoms with van der Waals surface area (Å²) in [5.74, 6) is -0.285. The maximum Gasteiger partial charge on any atom is 0.573 e. The Kier molecular flexibility index (Phi) is 7.61. The first-order valence-electron chi connectivity index (χ1n) is 10.5. The first-order chi connectivity index (χ1) is 16.3. The molecule has 1 aromatic heterocycles. The minimum Gasteiger partial charge on any atom is -0.406 e. The highest BCUT2D eigenvalue weighted by Crippen LogP contribution is 2.31. The SMILES string of the molecule is CC[C@H](C)Nc1nc(Nc2ccc(OC(F)(F)F)cc2C)cc(-c2cccc(OC(F)(F)F)c2)n1. The third-order valence-corrected chi connectivity index (χ3v) is 4.77. The van der Waals surface area contributed by atoms with Crippen molar-refractivity contribution in [3.8, 4) is 22.8 Å². The number of hydrogen-bond donors (Lipinski definition) is 2. The molecule has 1 heterocycles. The Labute approximate surface area is 197 Å². The maximum absolute atomic E-state index is 12.6. The van der Waals surface area contributed by atoms with E-state index < -0.39 is 18.5 Å². The first-order valence-corrected chi connectivity index (χ1v) is 10.5. The van der Waals surface area contributed by atoms with E-state index in [1.165, 1.54) is 36.4 Å². The Bertz CT molecular complexity index is 1170. The van der Waals surface area contributed by atoms with Gasteiger partial charge in [0.1, 0.15) is 17.3 Å². The van der Waals surface area contributed by atoms with Crippen LogP contribution in [0.1, 0.15) is 25.8 Å². The molecule has 0 spiro atoms. The number of alkyl halides is 6. The van der Waals surface area contributed by atoms with Crippen LogP contribution in [0.4, 0.5) is 43.8 Å². The molecule has 1 atom stereocenters. The zero-order valence-electron chi connectivity index (χ0n) is 18.9. The van der Waals surface area contributed by atoms with Crippen LogP contribution in [-0.4, -0.2) is 28.7 Å². The normalized spacial score (nSPS) is 12.7. The van der Waals surface area contributed by atoms with E-state index in [9.17, 15) is 26.3 Å². The monoisotopic (exact) mass is 500 g/mol. The summed E-state index contributed by atoms with van der Waals surface area (Å²) in [6.07, 6.45) is -8.91. The first kappa shape index (κ1) is 25.9. The van der Waals surface area contributed by atoms with Gasteiger partial charge in [-0.2, -0.15) is 4.98 Å². The second kappa shape index (κ2) is 10.3. The van der Waals surface area contributed by atoms with E-state index in [2.05, 4.69) is 30.1 Å². The molecule has 2 aromatic carbocycles. The van der Waals surface area contributed by atoms with Crippen LogP contribution in [0.25, 0.3) is 11.3 Å².